The molecule has 0 aliphatic carbocycles. The van der Waals surface area contributed by atoms with Crippen LogP contribution in [0.25, 0.3) is 0 Å². The summed E-state index contributed by atoms with van der Waals surface area (Å²) in [6, 6.07) is 5.94. The van der Waals surface area contributed by atoms with Crippen molar-refractivity contribution in [1.82, 2.24) is 4.90 Å². The number of carbonyl (C=O) groups excluding carboxylic acids is 2. The molecule has 0 saturated carbocycles. The van der Waals surface area contributed by atoms with Crippen molar-refractivity contribution in [1.29, 1.82) is 0 Å². The molecule has 1 aromatic rings. The van der Waals surface area contributed by atoms with Crippen LogP contribution in [0.4, 0.5) is 11.4 Å². The van der Waals surface area contributed by atoms with Crippen molar-refractivity contribution in [2.45, 2.75) is 90.9 Å². The van der Waals surface area contributed by atoms with Gasteiger partial charge in [0, 0.05) is 44.0 Å². The van der Waals surface area contributed by atoms with Gasteiger partial charge in [0.05, 0.1) is 5.56 Å². The van der Waals surface area contributed by atoms with Crippen LogP contribution in [0.15, 0.2) is 18.2 Å². The van der Waals surface area contributed by atoms with E-state index < -0.39 is 0 Å². The largest absolute Gasteiger partial charge is 0.371 e. The Hall–Kier alpha value is -2.04. The molecule has 2 saturated heterocycles. The fourth-order valence-corrected chi connectivity index (χ4v) is 4.87. The number of hydrogen-bond donors (Lipinski definition) is 1. The highest BCUT2D eigenvalue weighted by Gasteiger charge is 2.25. The number of nitrogens with one attached hydrogen (secondary N) is 1. The molecule has 1 N–H and O–H groups in total. The fourth-order valence-electron chi connectivity index (χ4n) is 4.87. The van der Waals surface area contributed by atoms with E-state index in [1.54, 1.807) is 0 Å². The van der Waals surface area contributed by atoms with E-state index in [-0.39, 0.29) is 11.8 Å². The topological polar surface area (TPSA) is 52.7 Å². The van der Waals surface area contributed by atoms with Gasteiger partial charge in [-0.3, -0.25) is 9.59 Å². The molecule has 0 atom stereocenters. The molecule has 5 heteroatoms. The molecule has 0 spiro atoms. The average molecular weight is 442 g/mol. The zero-order valence-electron chi connectivity index (χ0n) is 20.3. The van der Waals surface area contributed by atoms with E-state index in [2.05, 4.69) is 24.1 Å². The van der Waals surface area contributed by atoms with Gasteiger partial charge in [-0.25, -0.2) is 0 Å². The number of nitrogens with zero attached hydrogens (tertiary/aromatic N) is 2. The minimum atomic E-state index is 0.0522. The van der Waals surface area contributed by atoms with Crippen molar-refractivity contribution in [2.24, 2.45) is 5.92 Å². The average Bonchev–Trinajstić information content (AvgIpc) is 2.82. The van der Waals surface area contributed by atoms with E-state index in [0.29, 0.717) is 6.42 Å². The molecule has 2 fully saturated rings. The molecule has 2 aliphatic heterocycles. The number of likely N-dealkylation sites (tertiary alicyclic amines) is 1. The third kappa shape index (κ3) is 7.25. The van der Waals surface area contributed by atoms with E-state index in [1.807, 2.05) is 23.1 Å². The van der Waals surface area contributed by atoms with Crippen LogP contribution in [0.2, 0.25) is 0 Å². The second-order valence-corrected chi connectivity index (χ2v) is 9.82. The summed E-state index contributed by atoms with van der Waals surface area (Å²) < 4.78 is 0. The molecule has 0 aromatic heterocycles. The summed E-state index contributed by atoms with van der Waals surface area (Å²) in [5.41, 5.74) is 2.52. The maximum atomic E-state index is 13.4. The van der Waals surface area contributed by atoms with Crippen LogP contribution in [0.5, 0.6) is 0 Å². The van der Waals surface area contributed by atoms with Crippen molar-refractivity contribution in [3.63, 3.8) is 0 Å². The normalized spacial score (nSPS) is 17.4. The summed E-state index contributed by atoms with van der Waals surface area (Å²) in [7, 11) is 0. The lowest BCUT2D eigenvalue weighted by Gasteiger charge is -2.35. The van der Waals surface area contributed by atoms with Crippen LogP contribution in [-0.2, 0) is 4.79 Å². The molecule has 1 aromatic carbocycles. The predicted molar refractivity (Wildman–Crippen MR) is 133 cm³/mol. The van der Waals surface area contributed by atoms with Crippen LogP contribution in [0.1, 0.15) is 101 Å². The van der Waals surface area contributed by atoms with Crippen LogP contribution >= 0.6 is 0 Å². The van der Waals surface area contributed by atoms with Crippen LogP contribution < -0.4 is 10.2 Å². The third-order valence-electron chi connectivity index (χ3n) is 7.04. The van der Waals surface area contributed by atoms with Gasteiger partial charge in [-0.15, -0.1) is 0 Å². The molecule has 0 radical (unpaired) electrons. The molecule has 2 heterocycles. The van der Waals surface area contributed by atoms with E-state index >= 15 is 0 Å². The second-order valence-electron chi connectivity index (χ2n) is 9.82. The first-order valence-corrected chi connectivity index (χ1v) is 13.1. The quantitative estimate of drug-likeness (QED) is 0.437. The van der Waals surface area contributed by atoms with Crippen LogP contribution in [0.3, 0.4) is 0 Å². The molecule has 2 amide bonds. The Bertz CT molecular complexity index is 734. The Labute approximate surface area is 194 Å². The zero-order chi connectivity index (χ0) is 22.8. The SMILES string of the molecule is CCCCCCCCC(=O)Nc1ccc(N2CCC(C)CC2)c(C(=O)N2CCCCC2)c1. The monoisotopic (exact) mass is 441 g/mol. The van der Waals surface area contributed by atoms with Gasteiger partial charge in [-0.2, -0.15) is 0 Å². The Morgan fingerprint density at radius 3 is 2.34 bits per heavy atom. The first-order chi connectivity index (χ1) is 15.6. The summed E-state index contributed by atoms with van der Waals surface area (Å²) in [5, 5.41) is 3.05. The Morgan fingerprint density at radius 1 is 0.938 bits per heavy atom. The molecule has 0 bridgehead atoms. The lowest BCUT2D eigenvalue weighted by atomic mass is 9.97. The highest BCUT2D eigenvalue weighted by molar-refractivity contribution is 6.02. The Morgan fingerprint density at radius 2 is 1.62 bits per heavy atom. The van der Waals surface area contributed by atoms with Crippen LogP contribution in [0, 0.1) is 5.92 Å². The van der Waals surface area contributed by atoms with Gasteiger partial charge in [0.25, 0.3) is 5.91 Å². The number of piperidine rings is 2. The van der Waals surface area contributed by atoms with Gasteiger partial charge in [-0.05, 0) is 62.6 Å². The maximum Gasteiger partial charge on any atom is 0.256 e. The van der Waals surface area contributed by atoms with Gasteiger partial charge in [0.15, 0.2) is 0 Å². The van der Waals surface area contributed by atoms with E-state index in [9.17, 15) is 9.59 Å². The molecule has 3 rings (SSSR count). The Balaban J connectivity index is 1.66. The molecule has 178 valence electrons. The number of rotatable bonds is 10. The molecule has 2 aliphatic rings. The number of hydrogen-bond acceptors (Lipinski definition) is 3. The highest BCUT2D eigenvalue weighted by atomic mass is 16.2. The second kappa shape index (κ2) is 12.9. The van der Waals surface area contributed by atoms with Crippen molar-refractivity contribution in [3.8, 4) is 0 Å². The summed E-state index contributed by atoms with van der Waals surface area (Å²) in [6.45, 7) is 8.18. The summed E-state index contributed by atoms with van der Waals surface area (Å²) >= 11 is 0. The van der Waals surface area contributed by atoms with E-state index in [4.69, 9.17) is 0 Å². The summed E-state index contributed by atoms with van der Waals surface area (Å²) in [6.07, 6.45) is 13.3. The van der Waals surface area contributed by atoms with Crippen molar-refractivity contribution in [3.05, 3.63) is 23.8 Å². The van der Waals surface area contributed by atoms with Gasteiger partial charge >= 0.3 is 0 Å². The third-order valence-corrected chi connectivity index (χ3v) is 7.04. The Kier molecular flexibility index (Phi) is 9.89. The zero-order valence-corrected chi connectivity index (χ0v) is 20.3. The predicted octanol–water partition coefficient (Wildman–Crippen LogP) is 6.24. The number of benzene rings is 1. The lowest BCUT2D eigenvalue weighted by molar-refractivity contribution is -0.116. The smallest absolute Gasteiger partial charge is 0.256 e. The van der Waals surface area contributed by atoms with E-state index in [1.165, 1.54) is 32.1 Å². The first-order valence-electron chi connectivity index (χ1n) is 13.1. The summed E-state index contributed by atoms with van der Waals surface area (Å²) in [5.74, 6) is 0.912. The standard InChI is InChI=1S/C27H43N3O2/c1-3-4-5-6-7-9-12-26(31)28-23-13-14-25(29-19-15-22(2)16-20-29)24(21-23)27(32)30-17-10-8-11-18-30/h13-14,21-22H,3-12,15-20H2,1-2H3,(H,28,31). The van der Waals surface area contributed by atoms with E-state index in [0.717, 1.165) is 87.6 Å². The van der Waals surface area contributed by atoms with Crippen molar-refractivity contribution >= 4 is 23.2 Å². The van der Waals surface area contributed by atoms with Gasteiger partial charge in [0.2, 0.25) is 5.91 Å². The van der Waals surface area contributed by atoms with Crippen molar-refractivity contribution < 1.29 is 9.59 Å². The number of carbonyl (C=O) groups is 2. The fraction of sp³-hybridized carbons (Fsp3) is 0.704. The number of amides is 2. The lowest BCUT2D eigenvalue weighted by Crippen LogP contribution is -2.38. The number of anilines is 2. The molecule has 0 unspecified atom stereocenters. The van der Waals surface area contributed by atoms with Gasteiger partial charge in [0.1, 0.15) is 0 Å². The maximum absolute atomic E-state index is 13.4. The van der Waals surface area contributed by atoms with Gasteiger partial charge in [-0.1, -0.05) is 46.0 Å². The highest BCUT2D eigenvalue weighted by Crippen LogP contribution is 2.30. The minimum Gasteiger partial charge on any atom is -0.371 e. The van der Waals surface area contributed by atoms with Crippen LogP contribution in [-0.4, -0.2) is 42.9 Å². The van der Waals surface area contributed by atoms with Gasteiger partial charge < -0.3 is 15.1 Å². The molecular weight excluding hydrogens is 398 g/mol. The molecule has 5 nitrogen and oxygen atoms in total. The number of unbranched alkanes of at least 4 members (excludes halogenated alkanes) is 5. The molecular formula is C27H43N3O2. The summed E-state index contributed by atoms with van der Waals surface area (Å²) in [4.78, 5) is 30.3. The first kappa shape index (κ1) is 24.6. The minimum absolute atomic E-state index is 0.0522. The molecule has 32 heavy (non-hydrogen) atoms. The van der Waals surface area contributed by atoms with Crippen molar-refractivity contribution in [2.75, 3.05) is 36.4 Å².